The molecule has 2 aromatic rings. The zero-order valence-corrected chi connectivity index (χ0v) is 7.46. The molecule has 1 N–H and O–H groups in total. The summed E-state index contributed by atoms with van der Waals surface area (Å²) in [6, 6.07) is 3.74. The molecular formula is C9H6FN3O2. The molecule has 0 aliphatic carbocycles. The lowest BCUT2D eigenvalue weighted by atomic mass is 10.2. The van der Waals surface area contributed by atoms with E-state index in [1.165, 1.54) is 29.2 Å². The van der Waals surface area contributed by atoms with Gasteiger partial charge in [-0.25, -0.2) is 13.9 Å². The molecule has 0 radical (unpaired) electrons. The molecule has 1 heterocycles. The lowest BCUT2D eigenvalue weighted by Gasteiger charge is -2.01. The molecule has 6 heteroatoms. The van der Waals surface area contributed by atoms with Crippen LogP contribution in [-0.2, 0) is 0 Å². The van der Waals surface area contributed by atoms with E-state index >= 15 is 0 Å². The van der Waals surface area contributed by atoms with Gasteiger partial charge in [-0.3, -0.25) is 0 Å². The summed E-state index contributed by atoms with van der Waals surface area (Å²) in [5, 5.41) is 15.8. The van der Waals surface area contributed by atoms with Gasteiger partial charge in [-0.05, 0) is 12.1 Å². The summed E-state index contributed by atoms with van der Waals surface area (Å²) in [6.45, 7) is 0. The fraction of sp³-hybridized carbons (Fsp3) is 0. The third-order valence-electron chi connectivity index (χ3n) is 1.87. The van der Waals surface area contributed by atoms with E-state index in [-0.39, 0.29) is 5.56 Å². The Morgan fingerprint density at radius 1 is 1.47 bits per heavy atom. The van der Waals surface area contributed by atoms with Crippen molar-refractivity contribution >= 4 is 5.97 Å². The average Bonchev–Trinajstić information content (AvgIpc) is 2.69. The van der Waals surface area contributed by atoms with Crippen molar-refractivity contribution < 1.29 is 14.3 Å². The van der Waals surface area contributed by atoms with Gasteiger partial charge >= 0.3 is 5.97 Å². The van der Waals surface area contributed by atoms with E-state index < -0.39 is 11.8 Å². The summed E-state index contributed by atoms with van der Waals surface area (Å²) in [7, 11) is 0. The highest BCUT2D eigenvalue weighted by Crippen LogP contribution is 2.12. The standard InChI is InChI=1S/C9H6FN3O2/c10-8-5-6(13-4-3-11-12-13)1-2-7(8)9(14)15/h1-5H,(H,14,15). The number of hydrogen-bond donors (Lipinski definition) is 1. The molecule has 0 unspecified atom stereocenters. The SMILES string of the molecule is O=C(O)c1ccc(-n2ccnn2)cc1F. The van der Waals surface area contributed by atoms with E-state index in [1.54, 1.807) is 0 Å². The zero-order chi connectivity index (χ0) is 10.8. The third-order valence-corrected chi connectivity index (χ3v) is 1.87. The minimum atomic E-state index is -1.29. The van der Waals surface area contributed by atoms with Gasteiger partial charge in [0.2, 0.25) is 0 Å². The van der Waals surface area contributed by atoms with Gasteiger partial charge in [0.1, 0.15) is 5.82 Å². The van der Waals surface area contributed by atoms with Gasteiger partial charge in [0, 0.05) is 6.07 Å². The van der Waals surface area contributed by atoms with Gasteiger partial charge in [-0.1, -0.05) is 5.21 Å². The van der Waals surface area contributed by atoms with E-state index in [0.717, 1.165) is 6.07 Å². The number of carbonyl (C=O) groups is 1. The van der Waals surface area contributed by atoms with Crippen LogP contribution in [0.5, 0.6) is 0 Å². The van der Waals surface area contributed by atoms with Gasteiger partial charge in [-0.15, -0.1) is 5.10 Å². The second-order valence-electron chi connectivity index (χ2n) is 2.82. The molecule has 0 saturated heterocycles. The van der Waals surface area contributed by atoms with Crippen LogP contribution in [0.25, 0.3) is 5.69 Å². The first-order valence-corrected chi connectivity index (χ1v) is 4.08. The molecule has 0 aliphatic heterocycles. The lowest BCUT2D eigenvalue weighted by Crippen LogP contribution is -2.03. The number of nitrogens with zero attached hydrogens (tertiary/aromatic N) is 3. The predicted molar refractivity (Wildman–Crippen MR) is 48.3 cm³/mol. The molecular weight excluding hydrogens is 201 g/mol. The van der Waals surface area contributed by atoms with Crippen LogP contribution in [-0.4, -0.2) is 26.1 Å². The van der Waals surface area contributed by atoms with E-state index in [1.807, 2.05) is 0 Å². The Labute approximate surface area is 83.8 Å². The van der Waals surface area contributed by atoms with Crippen molar-refractivity contribution in [1.82, 2.24) is 15.0 Å². The van der Waals surface area contributed by atoms with Gasteiger partial charge in [-0.2, -0.15) is 0 Å². The highest BCUT2D eigenvalue weighted by Gasteiger charge is 2.10. The van der Waals surface area contributed by atoms with E-state index in [4.69, 9.17) is 5.11 Å². The number of halogens is 1. The highest BCUT2D eigenvalue weighted by molar-refractivity contribution is 5.88. The Kier molecular flexibility index (Phi) is 2.17. The summed E-state index contributed by atoms with van der Waals surface area (Å²) in [6.07, 6.45) is 2.98. The molecule has 1 aromatic heterocycles. The van der Waals surface area contributed by atoms with Crippen LogP contribution in [0, 0.1) is 5.82 Å². The van der Waals surface area contributed by atoms with Gasteiger partial charge in [0.25, 0.3) is 0 Å². The molecule has 76 valence electrons. The minimum absolute atomic E-state index is 0.362. The number of benzene rings is 1. The van der Waals surface area contributed by atoms with Crippen LogP contribution in [0.1, 0.15) is 10.4 Å². The highest BCUT2D eigenvalue weighted by atomic mass is 19.1. The van der Waals surface area contributed by atoms with Crippen LogP contribution in [0.3, 0.4) is 0 Å². The Morgan fingerprint density at radius 2 is 2.27 bits per heavy atom. The molecule has 1 aromatic carbocycles. The fourth-order valence-electron chi connectivity index (χ4n) is 1.17. The van der Waals surface area contributed by atoms with Crippen LogP contribution < -0.4 is 0 Å². The maximum atomic E-state index is 13.3. The quantitative estimate of drug-likeness (QED) is 0.800. The number of hydrogen-bond acceptors (Lipinski definition) is 3. The normalized spacial score (nSPS) is 10.2. The molecule has 5 nitrogen and oxygen atoms in total. The molecule has 0 fully saturated rings. The predicted octanol–water partition coefficient (Wildman–Crippen LogP) is 1.10. The Bertz CT molecular complexity index is 496. The summed E-state index contributed by atoms with van der Waals surface area (Å²) >= 11 is 0. The van der Waals surface area contributed by atoms with Crippen LogP contribution >= 0.6 is 0 Å². The monoisotopic (exact) mass is 207 g/mol. The van der Waals surface area contributed by atoms with Crippen molar-refractivity contribution in [2.75, 3.05) is 0 Å². The van der Waals surface area contributed by atoms with Crippen molar-refractivity contribution in [3.63, 3.8) is 0 Å². The van der Waals surface area contributed by atoms with Crippen molar-refractivity contribution in [2.24, 2.45) is 0 Å². The molecule has 0 bridgehead atoms. The topological polar surface area (TPSA) is 68.0 Å². The molecule has 0 spiro atoms. The molecule has 0 saturated carbocycles. The Morgan fingerprint density at radius 3 is 2.80 bits per heavy atom. The zero-order valence-electron chi connectivity index (χ0n) is 7.46. The van der Waals surface area contributed by atoms with Crippen molar-refractivity contribution in [1.29, 1.82) is 0 Å². The molecule has 2 rings (SSSR count). The maximum Gasteiger partial charge on any atom is 0.338 e. The fourth-order valence-corrected chi connectivity index (χ4v) is 1.17. The average molecular weight is 207 g/mol. The smallest absolute Gasteiger partial charge is 0.338 e. The number of rotatable bonds is 2. The first kappa shape index (κ1) is 9.32. The summed E-state index contributed by atoms with van der Waals surface area (Å²) in [5.74, 6) is -2.09. The Hall–Kier alpha value is -2.24. The van der Waals surface area contributed by atoms with Crippen LogP contribution in [0.2, 0.25) is 0 Å². The molecule has 0 amide bonds. The molecule has 0 atom stereocenters. The Balaban J connectivity index is 2.47. The van der Waals surface area contributed by atoms with Crippen molar-refractivity contribution in [3.05, 3.63) is 42.0 Å². The first-order chi connectivity index (χ1) is 7.18. The van der Waals surface area contributed by atoms with Gasteiger partial charge in [0.15, 0.2) is 0 Å². The summed E-state index contributed by atoms with van der Waals surface area (Å²) in [5.41, 5.74) is 0.0638. The largest absolute Gasteiger partial charge is 0.478 e. The maximum absolute atomic E-state index is 13.3. The third kappa shape index (κ3) is 1.69. The second-order valence-corrected chi connectivity index (χ2v) is 2.82. The van der Waals surface area contributed by atoms with Crippen molar-refractivity contribution in [3.8, 4) is 5.69 Å². The van der Waals surface area contributed by atoms with Crippen LogP contribution in [0.15, 0.2) is 30.6 Å². The van der Waals surface area contributed by atoms with Crippen molar-refractivity contribution in [2.45, 2.75) is 0 Å². The second kappa shape index (κ2) is 3.49. The van der Waals surface area contributed by atoms with E-state index in [0.29, 0.717) is 5.69 Å². The first-order valence-electron chi connectivity index (χ1n) is 4.08. The molecule has 0 aliphatic rings. The van der Waals surface area contributed by atoms with E-state index in [2.05, 4.69) is 10.3 Å². The van der Waals surface area contributed by atoms with Crippen LogP contribution in [0.4, 0.5) is 4.39 Å². The van der Waals surface area contributed by atoms with E-state index in [9.17, 15) is 9.18 Å². The molecule has 15 heavy (non-hydrogen) atoms. The minimum Gasteiger partial charge on any atom is -0.478 e. The summed E-state index contributed by atoms with van der Waals surface area (Å²) in [4.78, 5) is 10.5. The van der Waals surface area contributed by atoms with Gasteiger partial charge < -0.3 is 5.11 Å². The number of aromatic carboxylic acids is 1. The summed E-state index contributed by atoms with van der Waals surface area (Å²) < 4.78 is 14.6. The number of carboxylic acid groups (broad SMARTS) is 1. The number of carboxylic acids is 1. The van der Waals surface area contributed by atoms with Gasteiger partial charge in [0.05, 0.1) is 23.6 Å². The lowest BCUT2D eigenvalue weighted by molar-refractivity contribution is 0.0692. The number of aromatic nitrogens is 3.